The lowest BCUT2D eigenvalue weighted by Crippen LogP contribution is -2.45. The third kappa shape index (κ3) is 3.49. The van der Waals surface area contributed by atoms with Crippen LogP contribution < -0.4 is 9.47 Å². The molecule has 6 rings (SSSR count). The van der Waals surface area contributed by atoms with Crippen LogP contribution >= 0.6 is 11.6 Å². The Balaban J connectivity index is 1.41. The number of hydrogen-bond acceptors (Lipinski definition) is 5. The maximum absolute atomic E-state index is 13.5. The fourth-order valence-corrected chi connectivity index (χ4v) is 4.85. The summed E-state index contributed by atoms with van der Waals surface area (Å²) in [7, 11) is 1.60. The Morgan fingerprint density at radius 1 is 1.00 bits per heavy atom. The summed E-state index contributed by atoms with van der Waals surface area (Å²) >= 11 is 6.32. The summed E-state index contributed by atoms with van der Waals surface area (Å²) in [6.45, 7) is 0. The van der Waals surface area contributed by atoms with Gasteiger partial charge in [0.1, 0.15) is 11.5 Å². The molecule has 2 atom stereocenters. The van der Waals surface area contributed by atoms with E-state index in [-0.39, 0.29) is 11.8 Å². The molecular formula is C28H21ClN2O3. The second kappa shape index (κ2) is 8.19. The van der Waals surface area contributed by atoms with Crippen LogP contribution in [0.15, 0.2) is 90.0 Å². The van der Waals surface area contributed by atoms with Crippen LogP contribution in [0.4, 0.5) is 0 Å². The second-order valence-corrected chi connectivity index (χ2v) is 8.89. The Labute approximate surface area is 202 Å². The SMILES string of the molecule is COc1ccc(C(=O)[C@H]2Oc3ccc(Cl)cc3[C@@H]3CC(c4ccc5ccccc5c4)=NN23)cc1. The summed E-state index contributed by atoms with van der Waals surface area (Å²) in [6, 6.07) is 27.0. The molecule has 2 aliphatic rings. The summed E-state index contributed by atoms with van der Waals surface area (Å²) in [4.78, 5) is 13.5. The van der Waals surface area contributed by atoms with E-state index in [2.05, 4.69) is 30.3 Å². The highest BCUT2D eigenvalue weighted by atomic mass is 35.5. The molecule has 0 radical (unpaired) electrons. The summed E-state index contributed by atoms with van der Waals surface area (Å²) in [6.07, 6.45) is -0.216. The van der Waals surface area contributed by atoms with Crippen molar-refractivity contribution in [3.05, 3.63) is 107 Å². The predicted molar refractivity (Wildman–Crippen MR) is 133 cm³/mol. The minimum atomic E-state index is -0.870. The molecule has 0 bridgehead atoms. The number of fused-ring (bicyclic) bond motifs is 4. The lowest BCUT2D eigenvalue weighted by atomic mass is 9.95. The van der Waals surface area contributed by atoms with Gasteiger partial charge >= 0.3 is 0 Å². The Hall–Kier alpha value is -3.83. The number of carbonyl (C=O) groups excluding carboxylic acids is 1. The second-order valence-electron chi connectivity index (χ2n) is 8.45. The molecule has 34 heavy (non-hydrogen) atoms. The molecule has 0 spiro atoms. The Bertz CT molecular complexity index is 1450. The molecule has 4 aromatic carbocycles. The maximum atomic E-state index is 13.5. The molecule has 0 aliphatic carbocycles. The summed E-state index contributed by atoms with van der Waals surface area (Å²) in [5, 5.41) is 9.66. The van der Waals surface area contributed by atoms with Gasteiger partial charge in [0, 0.05) is 22.6 Å². The largest absolute Gasteiger partial charge is 0.497 e. The minimum Gasteiger partial charge on any atom is -0.497 e. The smallest absolute Gasteiger partial charge is 0.251 e. The van der Waals surface area contributed by atoms with Gasteiger partial charge in [-0.1, -0.05) is 48.0 Å². The molecule has 0 unspecified atom stereocenters. The van der Waals surface area contributed by atoms with Crippen LogP contribution in [-0.2, 0) is 0 Å². The molecule has 0 N–H and O–H groups in total. The molecule has 4 aromatic rings. The maximum Gasteiger partial charge on any atom is 0.251 e. The van der Waals surface area contributed by atoms with E-state index in [1.807, 2.05) is 24.3 Å². The van der Waals surface area contributed by atoms with Gasteiger partial charge in [0.2, 0.25) is 5.78 Å². The predicted octanol–water partition coefficient (Wildman–Crippen LogP) is 6.25. The van der Waals surface area contributed by atoms with E-state index < -0.39 is 6.23 Å². The van der Waals surface area contributed by atoms with Crippen molar-refractivity contribution in [2.24, 2.45) is 5.10 Å². The van der Waals surface area contributed by atoms with Gasteiger partial charge in [0.15, 0.2) is 0 Å². The number of ether oxygens (including phenoxy) is 2. The standard InChI is InChI=1S/C28H21ClN2O3/c1-33-22-11-8-18(9-12-22)27(32)28-31-25(23-15-21(29)10-13-26(23)34-28)16-24(30-31)20-7-6-17-4-2-3-5-19(17)14-20/h2-15,25,28H,16H2,1H3/t25-,28+/m0/s1. The van der Waals surface area contributed by atoms with Gasteiger partial charge < -0.3 is 9.47 Å². The van der Waals surface area contributed by atoms with E-state index in [9.17, 15) is 4.79 Å². The normalized spacial score (nSPS) is 18.6. The highest BCUT2D eigenvalue weighted by Crippen LogP contribution is 2.44. The first-order valence-corrected chi connectivity index (χ1v) is 11.5. The first kappa shape index (κ1) is 20.8. The Kier molecular flexibility index (Phi) is 5.00. The zero-order valence-electron chi connectivity index (χ0n) is 18.4. The van der Waals surface area contributed by atoms with E-state index in [4.69, 9.17) is 26.2 Å². The molecular weight excluding hydrogens is 448 g/mol. The van der Waals surface area contributed by atoms with Crippen LogP contribution in [0.25, 0.3) is 10.8 Å². The molecule has 6 heteroatoms. The molecule has 0 aromatic heterocycles. The van der Waals surface area contributed by atoms with Gasteiger partial charge in [-0.3, -0.25) is 4.79 Å². The third-order valence-corrected chi connectivity index (χ3v) is 6.67. The number of benzene rings is 4. The number of halogens is 1. The monoisotopic (exact) mass is 468 g/mol. The Morgan fingerprint density at radius 2 is 1.79 bits per heavy atom. The fourth-order valence-electron chi connectivity index (χ4n) is 4.67. The van der Waals surface area contributed by atoms with Gasteiger partial charge in [0.05, 0.1) is 18.9 Å². The molecule has 0 fully saturated rings. The van der Waals surface area contributed by atoms with E-state index in [0.717, 1.165) is 22.2 Å². The highest BCUT2D eigenvalue weighted by molar-refractivity contribution is 6.30. The van der Waals surface area contributed by atoms with Crippen molar-refractivity contribution in [2.45, 2.75) is 18.7 Å². The molecule has 0 amide bonds. The van der Waals surface area contributed by atoms with Crippen LogP contribution in [0, 0.1) is 0 Å². The number of ketones is 1. The Morgan fingerprint density at radius 3 is 2.59 bits per heavy atom. The fraction of sp³-hybridized carbons (Fsp3) is 0.143. The minimum absolute atomic E-state index is 0.142. The molecule has 5 nitrogen and oxygen atoms in total. The number of hydrazone groups is 1. The van der Waals surface area contributed by atoms with Crippen LogP contribution in [0.2, 0.25) is 5.02 Å². The zero-order chi connectivity index (χ0) is 23.2. The van der Waals surface area contributed by atoms with Crippen LogP contribution in [0.3, 0.4) is 0 Å². The molecule has 168 valence electrons. The zero-order valence-corrected chi connectivity index (χ0v) is 19.2. The van der Waals surface area contributed by atoms with Gasteiger partial charge in [-0.2, -0.15) is 5.10 Å². The van der Waals surface area contributed by atoms with E-state index in [1.54, 1.807) is 42.5 Å². The molecule has 2 heterocycles. The number of methoxy groups -OCH3 is 1. The lowest BCUT2D eigenvalue weighted by molar-refractivity contribution is -0.00455. The van der Waals surface area contributed by atoms with E-state index >= 15 is 0 Å². The average molecular weight is 469 g/mol. The number of nitrogens with zero attached hydrogens (tertiary/aromatic N) is 2. The van der Waals surface area contributed by atoms with Crippen LogP contribution in [0.5, 0.6) is 11.5 Å². The summed E-state index contributed by atoms with van der Waals surface area (Å²) in [5.74, 6) is 1.20. The first-order chi connectivity index (χ1) is 16.6. The molecule has 0 saturated carbocycles. The van der Waals surface area contributed by atoms with Crippen molar-refractivity contribution in [1.29, 1.82) is 0 Å². The number of Topliss-reactive ketones (excluding diaryl/α,β-unsaturated/α-hetero) is 1. The first-order valence-electron chi connectivity index (χ1n) is 11.1. The quantitative estimate of drug-likeness (QED) is 0.332. The highest BCUT2D eigenvalue weighted by Gasteiger charge is 2.43. The lowest BCUT2D eigenvalue weighted by Gasteiger charge is -2.37. The van der Waals surface area contributed by atoms with E-state index in [1.165, 1.54) is 5.39 Å². The number of carbonyl (C=O) groups is 1. The van der Waals surface area contributed by atoms with Gasteiger partial charge in [-0.15, -0.1) is 0 Å². The van der Waals surface area contributed by atoms with Gasteiger partial charge in [-0.05, 0) is 64.9 Å². The van der Waals surface area contributed by atoms with Crippen LogP contribution in [-0.4, -0.2) is 29.8 Å². The van der Waals surface area contributed by atoms with E-state index in [0.29, 0.717) is 28.5 Å². The van der Waals surface area contributed by atoms with Gasteiger partial charge in [0.25, 0.3) is 6.23 Å². The molecule has 0 saturated heterocycles. The van der Waals surface area contributed by atoms with Crippen LogP contribution in [0.1, 0.15) is 33.9 Å². The van der Waals surface area contributed by atoms with Gasteiger partial charge in [-0.25, -0.2) is 5.01 Å². The summed E-state index contributed by atoms with van der Waals surface area (Å²) < 4.78 is 11.4. The molecule has 2 aliphatic heterocycles. The van der Waals surface area contributed by atoms with Crippen molar-refractivity contribution >= 4 is 33.9 Å². The van der Waals surface area contributed by atoms with Crippen molar-refractivity contribution in [2.75, 3.05) is 7.11 Å². The number of hydrogen-bond donors (Lipinski definition) is 0. The van der Waals surface area contributed by atoms with Crippen molar-refractivity contribution in [3.8, 4) is 11.5 Å². The number of rotatable bonds is 4. The van der Waals surface area contributed by atoms with Crippen molar-refractivity contribution in [3.63, 3.8) is 0 Å². The van der Waals surface area contributed by atoms with Crippen molar-refractivity contribution in [1.82, 2.24) is 5.01 Å². The average Bonchev–Trinajstić information content (AvgIpc) is 3.33. The van der Waals surface area contributed by atoms with Crippen molar-refractivity contribution < 1.29 is 14.3 Å². The third-order valence-electron chi connectivity index (χ3n) is 6.43. The topological polar surface area (TPSA) is 51.1 Å². The summed E-state index contributed by atoms with van der Waals surface area (Å²) in [5.41, 5.74) is 3.43.